The van der Waals surface area contributed by atoms with E-state index in [1.165, 1.54) is 5.30 Å². The zero-order valence-electron chi connectivity index (χ0n) is 5.88. The van der Waals surface area contributed by atoms with Crippen molar-refractivity contribution >= 4 is 21.9 Å². The fourth-order valence-electron chi connectivity index (χ4n) is 0.453. The van der Waals surface area contributed by atoms with E-state index in [0.29, 0.717) is 0 Å². The highest BCUT2D eigenvalue weighted by Gasteiger charge is 1.92. The molecule has 0 aliphatic rings. The molecule has 1 rings (SSSR count). The predicted octanol–water partition coefficient (Wildman–Crippen LogP) is -0.865. The van der Waals surface area contributed by atoms with Gasteiger partial charge in [-0.2, -0.15) is 0 Å². The molecule has 0 fully saturated rings. The summed E-state index contributed by atoms with van der Waals surface area (Å²) in [5.41, 5.74) is 0. The highest BCUT2D eigenvalue weighted by atomic mass is 31.0. The van der Waals surface area contributed by atoms with Crippen LogP contribution >= 0.6 is 9.24 Å². The normalized spacial score (nSPS) is 8.00. The Bertz CT molecular complexity index is 178. The molecule has 0 radical (unpaired) electrons. The number of hydrogen-bond donors (Lipinski definition) is 3. The van der Waals surface area contributed by atoms with E-state index in [1.807, 2.05) is 30.3 Å². The van der Waals surface area contributed by atoms with Crippen LogP contribution in [0.5, 0.6) is 0 Å². The van der Waals surface area contributed by atoms with Gasteiger partial charge >= 0.3 is 7.32 Å². The average molecular weight is 172 g/mol. The Morgan fingerprint density at radius 1 is 1.00 bits per heavy atom. The Hall–Kier alpha value is -0.405. The molecule has 1 atom stereocenters. The molecule has 3 N–H and O–H groups in total. The summed E-state index contributed by atoms with van der Waals surface area (Å²) in [5, 5.41) is 22.7. The van der Waals surface area contributed by atoms with Crippen molar-refractivity contribution in [3.05, 3.63) is 30.3 Å². The molecular weight excluding hydrogens is 162 g/mol. The highest BCUT2D eigenvalue weighted by molar-refractivity contribution is 7.27. The summed E-state index contributed by atoms with van der Waals surface area (Å²) in [4.78, 5) is 0. The molecule has 0 heterocycles. The van der Waals surface area contributed by atoms with Crippen molar-refractivity contribution in [2.24, 2.45) is 0 Å². The molecule has 0 bridgehead atoms. The molecule has 60 valence electrons. The quantitative estimate of drug-likeness (QED) is 0.352. The van der Waals surface area contributed by atoms with Crippen molar-refractivity contribution in [1.29, 1.82) is 0 Å². The lowest BCUT2D eigenvalue weighted by atomic mass is 10.3. The van der Waals surface area contributed by atoms with E-state index in [-0.39, 0.29) is 0 Å². The lowest BCUT2D eigenvalue weighted by Gasteiger charge is -1.82. The smallest absolute Gasteiger partial charge is 0.402 e. The third-order valence-corrected chi connectivity index (χ3v) is 1.18. The Balaban J connectivity index is 0.000000218. The lowest BCUT2D eigenvalue weighted by molar-refractivity contribution is 0.278. The van der Waals surface area contributed by atoms with E-state index < -0.39 is 7.32 Å². The minimum absolute atomic E-state index is 1.24. The molecule has 0 saturated carbocycles. The lowest BCUT2D eigenvalue weighted by Crippen LogP contribution is -2.07. The first kappa shape index (κ1) is 10.6. The topological polar surface area (TPSA) is 60.7 Å². The monoisotopic (exact) mass is 172 g/mol. The van der Waals surface area contributed by atoms with Crippen LogP contribution in [0.1, 0.15) is 0 Å². The maximum atomic E-state index is 7.17. The van der Waals surface area contributed by atoms with Gasteiger partial charge in [0.05, 0.1) is 0 Å². The maximum Gasteiger partial charge on any atom is 0.631 e. The Labute approximate surface area is 68.1 Å². The fraction of sp³-hybridized carbons (Fsp3) is 0. The van der Waals surface area contributed by atoms with Gasteiger partial charge in [0, 0.05) is 0 Å². The molecule has 0 aliphatic carbocycles. The van der Waals surface area contributed by atoms with Crippen molar-refractivity contribution in [3.8, 4) is 0 Å². The number of hydrogen-bond acceptors (Lipinski definition) is 3. The summed E-state index contributed by atoms with van der Waals surface area (Å²) in [6.45, 7) is 0. The second kappa shape index (κ2) is 6.31. The van der Waals surface area contributed by atoms with Crippen molar-refractivity contribution in [2.75, 3.05) is 0 Å². The van der Waals surface area contributed by atoms with Crippen molar-refractivity contribution in [1.82, 2.24) is 0 Å². The van der Waals surface area contributed by atoms with Crippen molar-refractivity contribution in [2.45, 2.75) is 0 Å². The summed E-state index contributed by atoms with van der Waals surface area (Å²) in [5.74, 6) is 0. The van der Waals surface area contributed by atoms with Crippen LogP contribution in [0.4, 0.5) is 0 Å². The summed E-state index contributed by atoms with van der Waals surface area (Å²) >= 11 is 0. The van der Waals surface area contributed by atoms with E-state index in [2.05, 4.69) is 9.24 Å². The van der Waals surface area contributed by atoms with Crippen molar-refractivity contribution < 1.29 is 15.1 Å². The van der Waals surface area contributed by atoms with Crippen LogP contribution in [0.3, 0.4) is 0 Å². The summed E-state index contributed by atoms with van der Waals surface area (Å²) in [7, 11) is 0.462. The molecule has 1 aromatic carbocycles. The van der Waals surface area contributed by atoms with Gasteiger partial charge in [0.25, 0.3) is 0 Å². The van der Waals surface area contributed by atoms with Gasteiger partial charge in [-0.05, 0) is 5.30 Å². The minimum Gasteiger partial charge on any atom is -0.402 e. The molecule has 5 heteroatoms. The van der Waals surface area contributed by atoms with Gasteiger partial charge in [-0.25, -0.2) is 0 Å². The van der Waals surface area contributed by atoms with Gasteiger partial charge in [-0.3, -0.25) is 0 Å². The zero-order chi connectivity index (χ0) is 8.69. The molecule has 1 aromatic rings. The largest absolute Gasteiger partial charge is 0.631 e. The SMILES string of the molecule is OB(O)O.Pc1ccccc1. The fourth-order valence-corrected chi connectivity index (χ4v) is 0.675. The minimum atomic E-state index is -2.17. The molecule has 3 nitrogen and oxygen atoms in total. The van der Waals surface area contributed by atoms with Crippen LogP contribution in [0, 0.1) is 0 Å². The zero-order valence-corrected chi connectivity index (χ0v) is 7.04. The molecule has 0 spiro atoms. The van der Waals surface area contributed by atoms with Crippen LogP contribution in [-0.2, 0) is 0 Å². The Morgan fingerprint density at radius 2 is 1.36 bits per heavy atom. The van der Waals surface area contributed by atoms with Gasteiger partial charge in [-0.15, -0.1) is 9.24 Å². The third kappa shape index (κ3) is 9.59. The Kier molecular flexibility index (Phi) is 6.08. The van der Waals surface area contributed by atoms with E-state index in [9.17, 15) is 0 Å². The standard InChI is InChI=1S/C6H7P.BH3O3/c7-6-4-2-1-3-5-6;2-1(3)4/h1-5H,7H2;2-4H. The molecule has 1 unspecified atom stereocenters. The molecule has 0 aliphatic heterocycles. The first-order chi connectivity index (χ1) is 5.13. The van der Waals surface area contributed by atoms with Crippen LogP contribution < -0.4 is 5.30 Å². The van der Waals surface area contributed by atoms with Crippen LogP contribution in [0.15, 0.2) is 30.3 Å². The summed E-state index contributed by atoms with van der Waals surface area (Å²) < 4.78 is 0. The summed E-state index contributed by atoms with van der Waals surface area (Å²) in [6, 6.07) is 10.1. The second-order valence-corrected chi connectivity index (χ2v) is 2.42. The molecule has 0 amide bonds. The molecule has 0 aromatic heterocycles. The van der Waals surface area contributed by atoms with Gasteiger partial charge in [-0.1, -0.05) is 30.3 Å². The maximum absolute atomic E-state index is 7.17. The van der Waals surface area contributed by atoms with Gasteiger partial charge in [0.2, 0.25) is 0 Å². The van der Waals surface area contributed by atoms with Gasteiger partial charge in [0.15, 0.2) is 0 Å². The van der Waals surface area contributed by atoms with Gasteiger partial charge < -0.3 is 15.1 Å². The Morgan fingerprint density at radius 3 is 1.55 bits per heavy atom. The molecule has 0 saturated heterocycles. The van der Waals surface area contributed by atoms with E-state index in [1.54, 1.807) is 0 Å². The molecule has 11 heavy (non-hydrogen) atoms. The van der Waals surface area contributed by atoms with E-state index in [4.69, 9.17) is 15.1 Å². The third-order valence-electron chi connectivity index (χ3n) is 0.800. The number of rotatable bonds is 0. The summed E-state index contributed by atoms with van der Waals surface area (Å²) in [6.07, 6.45) is 0. The first-order valence-electron chi connectivity index (χ1n) is 2.97. The highest BCUT2D eigenvalue weighted by Crippen LogP contribution is 1.86. The second-order valence-electron chi connectivity index (χ2n) is 1.76. The first-order valence-corrected chi connectivity index (χ1v) is 3.55. The van der Waals surface area contributed by atoms with Crippen LogP contribution in [-0.4, -0.2) is 22.4 Å². The van der Waals surface area contributed by atoms with Crippen LogP contribution in [0.2, 0.25) is 0 Å². The van der Waals surface area contributed by atoms with E-state index in [0.717, 1.165) is 0 Å². The number of benzene rings is 1. The van der Waals surface area contributed by atoms with Crippen LogP contribution in [0.25, 0.3) is 0 Å². The molecular formula is C6H10BO3P. The van der Waals surface area contributed by atoms with Gasteiger partial charge in [0.1, 0.15) is 0 Å². The predicted molar refractivity (Wildman–Crippen MR) is 48.2 cm³/mol. The average Bonchev–Trinajstić information content (AvgIpc) is 1.87. The van der Waals surface area contributed by atoms with Crippen molar-refractivity contribution in [3.63, 3.8) is 0 Å². The van der Waals surface area contributed by atoms with E-state index >= 15 is 0 Å².